The van der Waals surface area contributed by atoms with Gasteiger partial charge in [-0.15, -0.1) is 11.6 Å². The van der Waals surface area contributed by atoms with E-state index in [1.165, 1.54) is 0 Å². The fourth-order valence-electron chi connectivity index (χ4n) is 1.93. The minimum absolute atomic E-state index is 0.456. The SMILES string of the molecule is Cc1cc(Cl)cc(C)c1Oc1ccc(CCl)c(C)n1. The zero-order valence-corrected chi connectivity index (χ0v) is 12.6. The molecule has 0 radical (unpaired) electrons. The fourth-order valence-corrected chi connectivity index (χ4v) is 2.54. The van der Waals surface area contributed by atoms with E-state index in [0.717, 1.165) is 28.1 Å². The van der Waals surface area contributed by atoms with Crippen molar-refractivity contribution < 1.29 is 4.74 Å². The predicted octanol–water partition coefficient (Wildman–Crippen LogP) is 5.19. The average molecular weight is 296 g/mol. The number of halogens is 2. The quantitative estimate of drug-likeness (QED) is 0.727. The maximum Gasteiger partial charge on any atom is 0.219 e. The van der Waals surface area contributed by atoms with Gasteiger partial charge >= 0.3 is 0 Å². The molecule has 4 heteroatoms. The van der Waals surface area contributed by atoms with Crippen molar-refractivity contribution in [3.05, 3.63) is 51.7 Å². The molecule has 0 amide bonds. The van der Waals surface area contributed by atoms with E-state index in [1.54, 1.807) is 0 Å². The third-order valence-corrected chi connectivity index (χ3v) is 3.45. The first kappa shape index (κ1) is 14.2. The van der Waals surface area contributed by atoms with Gasteiger partial charge in [0.2, 0.25) is 5.88 Å². The summed E-state index contributed by atoms with van der Waals surface area (Å²) in [5, 5.41) is 0.712. The highest BCUT2D eigenvalue weighted by Gasteiger charge is 2.09. The van der Waals surface area contributed by atoms with Crippen molar-refractivity contribution in [1.82, 2.24) is 4.98 Å². The first-order chi connectivity index (χ1) is 9.01. The lowest BCUT2D eigenvalue weighted by atomic mass is 10.1. The third kappa shape index (κ3) is 3.20. The maximum atomic E-state index is 6.00. The highest BCUT2D eigenvalue weighted by Crippen LogP contribution is 2.30. The van der Waals surface area contributed by atoms with E-state index in [9.17, 15) is 0 Å². The van der Waals surface area contributed by atoms with Crippen LogP contribution >= 0.6 is 23.2 Å². The van der Waals surface area contributed by atoms with Crippen molar-refractivity contribution in [3.8, 4) is 11.6 Å². The molecule has 0 fully saturated rings. The summed E-state index contributed by atoms with van der Waals surface area (Å²) < 4.78 is 5.86. The van der Waals surface area contributed by atoms with Crippen LogP contribution in [0, 0.1) is 20.8 Å². The van der Waals surface area contributed by atoms with Crippen LogP contribution in [0.25, 0.3) is 0 Å². The number of benzene rings is 1. The number of hydrogen-bond donors (Lipinski definition) is 0. The Labute approximate surface area is 123 Å². The number of alkyl halides is 1. The first-order valence-electron chi connectivity index (χ1n) is 5.98. The van der Waals surface area contributed by atoms with Crippen molar-refractivity contribution in [2.45, 2.75) is 26.7 Å². The summed E-state index contributed by atoms with van der Waals surface area (Å²) in [7, 11) is 0. The van der Waals surface area contributed by atoms with Crippen molar-refractivity contribution >= 4 is 23.2 Å². The van der Waals surface area contributed by atoms with Gasteiger partial charge in [0.1, 0.15) is 5.75 Å². The first-order valence-corrected chi connectivity index (χ1v) is 6.89. The Morgan fingerprint density at radius 1 is 1.11 bits per heavy atom. The zero-order chi connectivity index (χ0) is 14.0. The number of ether oxygens (including phenoxy) is 1. The Bertz CT molecular complexity index is 588. The van der Waals surface area contributed by atoms with E-state index in [4.69, 9.17) is 27.9 Å². The summed E-state index contributed by atoms with van der Waals surface area (Å²) in [4.78, 5) is 4.40. The van der Waals surface area contributed by atoms with E-state index < -0.39 is 0 Å². The van der Waals surface area contributed by atoms with Gasteiger partial charge in [0, 0.05) is 22.7 Å². The highest BCUT2D eigenvalue weighted by atomic mass is 35.5. The monoisotopic (exact) mass is 295 g/mol. The Morgan fingerprint density at radius 2 is 1.74 bits per heavy atom. The van der Waals surface area contributed by atoms with Crippen LogP contribution in [0.5, 0.6) is 11.6 Å². The topological polar surface area (TPSA) is 22.1 Å². The number of aryl methyl sites for hydroxylation is 3. The second kappa shape index (κ2) is 5.81. The largest absolute Gasteiger partial charge is 0.438 e. The standard InChI is InChI=1S/C15H15Cl2NO/c1-9-6-13(17)7-10(2)15(9)19-14-5-4-12(8-16)11(3)18-14/h4-7H,8H2,1-3H3. The molecule has 1 aromatic heterocycles. The molecule has 2 nitrogen and oxygen atoms in total. The average Bonchev–Trinajstić information content (AvgIpc) is 2.34. The molecule has 0 N–H and O–H groups in total. The minimum Gasteiger partial charge on any atom is -0.438 e. The number of nitrogens with zero attached hydrogens (tertiary/aromatic N) is 1. The molecule has 0 aliphatic rings. The Balaban J connectivity index is 2.34. The zero-order valence-electron chi connectivity index (χ0n) is 11.1. The van der Waals surface area contributed by atoms with Gasteiger partial charge < -0.3 is 4.74 Å². The number of aromatic nitrogens is 1. The van der Waals surface area contributed by atoms with Crippen LogP contribution in [0.15, 0.2) is 24.3 Å². The molecule has 0 saturated heterocycles. The second-order valence-corrected chi connectivity index (χ2v) is 5.20. The molecule has 2 aromatic rings. The Hall–Kier alpha value is -1.25. The van der Waals surface area contributed by atoms with Crippen LogP contribution in [0.2, 0.25) is 5.02 Å². The van der Waals surface area contributed by atoms with Crippen molar-refractivity contribution in [3.63, 3.8) is 0 Å². The normalized spacial score (nSPS) is 10.6. The molecule has 0 saturated carbocycles. The van der Waals surface area contributed by atoms with Crippen LogP contribution in [0.1, 0.15) is 22.4 Å². The van der Waals surface area contributed by atoms with Crippen molar-refractivity contribution in [2.24, 2.45) is 0 Å². The molecule has 100 valence electrons. The molecular formula is C15H15Cl2NO. The molecule has 0 unspecified atom stereocenters. The molecule has 2 rings (SSSR count). The van der Waals surface area contributed by atoms with E-state index in [0.29, 0.717) is 16.8 Å². The van der Waals surface area contributed by atoms with E-state index in [2.05, 4.69) is 4.98 Å². The molecule has 1 aromatic carbocycles. The lowest BCUT2D eigenvalue weighted by Gasteiger charge is -2.12. The highest BCUT2D eigenvalue weighted by molar-refractivity contribution is 6.30. The number of hydrogen-bond acceptors (Lipinski definition) is 2. The molecule has 0 atom stereocenters. The van der Waals surface area contributed by atoms with Crippen LogP contribution in [-0.2, 0) is 5.88 Å². The third-order valence-electron chi connectivity index (χ3n) is 2.95. The maximum absolute atomic E-state index is 6.00. The number of pyridine rings is 1. The van der Waals surface area contributed by atoms with E-state index in [1.807, 2.05) is 45.0 Å². The summed E-state index contributed by atoms with van der Waals surface area (Å²) in [5.74, 6) is 1.83. The predicted molar refractivity (Wildman–Crippen MR) is 79.5 cm³/mol. The molecule has 0 aliphatic carbocycles. The molecule has 0 bridgehead atoms. The minimum atomic E-state index is 0.456. The van der Waals surface area contributed by atoms with Crippen LogP contribution < -0.4 is 4.74 Å². The molecule has 19 heavy (non-hydrogen) atoms. The summed E-state index contributed by atoms with van der Waals surface area (Å²) >= 11 is 11.8. The van der Waals surface area contributed by atoms with E-state index >= 15 is 0 Å². The summed E-state index contributed by atoms with van der Waals surface area (Å²) in [6.45, 7) is 5.86. The molecule has 1 heterocycles. The Kier molecular flexibility index (Phi) is 4.33. The van der Waals surface area contributed by atoms with Crippen LogP contribution in [-0.4, -0.2) is 4.98 Å². The van der Waals surface area contributed by atoms with Gasteiger partial charge in [-0.3, -0.25) is 0 Å². The fraction of sp³-hybridized carbons (Fsp3) is 0.267. The second-order valence-electron chi connectivity index (χ2n) is 4.50. The summed E-state index contributed by atoms with van der Waals surface area (Å²) in [6.07, 6.45) is 0. The summed E-state index contributed by atoms with van der Waals surface area (Å²) in [5.41, 5.74) is 3.88. The summed E-state index contributed by atoms with van der Waals surface area (Å²) in [6, 6.07) is 7.53. The van der Waals surface area contributed by atoms with Gasteiger partial charge in [-0.1, -0.05) is 17.7 Å². The van der Waals surface area contributed by atoms with Gasteiger partial charge in [-0.2, -0.15) is 0 Å². The van der Waals surface area contributed by atoms with Crippen molar-refractivity contribution in [2.75, 3.05) is 0 Å². The van der Waals surface area contributed by atoms with Gasteiger partial charge in [-0.05, 0) is 49.6 Å². The van der Waals surface area contributed by atoms with E-state index in [-0.39, 0.29) is 0 Å². The molecular weight excluding hydrogens is 281 g/mol. The lowest BCUT2D eigenvalue weighted by Crippen LogP contribution is -1.96. The van der Waals surface area contributed by atoms with Crippen LogP contribution in [0.3, 0.4) is 0 Å². The van der Waals surface area contributed by atoms with Gasteiger partial charge in [0.15, 0.2) is 0 Å². The van der Waals surface area contributed by atoms with Gasteiger partial charge in [-0.25, -0.2) is 4.98 Å². The lowest BCUT2D eigenvalue weighted by molar-refractivity contribution is 0.454. The smallest absolute Gasteiger partial charge is 0.219 e. The van der Waals surface area contributed by atoms with Gasteiger partial charge in [0.05, 0.1) is 0 Å². The Morgan fingerprint density at radius 3 is 2.26 bits per heavy atom. The van der Waals surface area contributed by atoms with Crippen molar-refractivity contribution in [1.29, 1.82) is 0 Å². The van der Waals surface area contributed by atoms with Crippen LogP contribution in [0.4, 0.5) is 0 Å². The molecule has 0 spiro atoms. The molecule has 0 aliphatic heterocycles. The van der Waals surface area contributed by atoms with Gasteiger partial charge in [0.25, 0.3) is 0 Å². The number of rotatable bonds is 3.